The van der Waals surface area contributed by atoms with Crippen LogP contribution in [0, 0.1) is 18.3 Å². The van der Waals surface area contributed by atoms with Gasteiger partial charge in [0, 0.05) is 10.6 Å². The number of carbonyl (C=O) groups is 2. The van der Waals surface area contributed by atoms with Gasteiger partial charge in [-0.2, -0.15) is 5.26 Å². The van der Waals surface area contributed by atoms with Crippen molar-refractivity contribution in [2.45, 2.75) is 20.8 Å². The highest BCUT2D eigenvalue weighted by molar-refractivity contribution is 7.20. The van der Waals surface area contributed by atoms with Crippen LogP contribution in [-0.4, -0.2) is 18.5 Å². The van der Waals surface area contributed by atoms with E-state index in [4.69, 9.17) is 15.7 Å². The number of carbonyl (C=O) groups excluding carboxylic acids is 2. The van der Waals surface area contributed by atoms with Crippen molar-refractivity contribution in [1.29, 1.82) is 5.26 Å². The van der Waals surface area contributed by atoms with Gasteiger partial charge in [-0.15, -0.1) is 11.3 Å². The van der Waals surface area contributed by atoms with Crippen LogP contribution in [0.15, 0.2) is 41.6 Å². The number of nitrogens with zero attached hydrogens (tertiary/aromatic N) is 1. The molecule has 0 unspecified atom stereocenters. The number of nitrogens with one attached hydrogen (secondary N) is 1. The second kappa shape index (κ2) is 8.32. The molecule has 1 heterocycles. The average molecular weight is 369 g/mol. The Morgan fingerprint density at radius 3 is 2.50 bits per heavy atom. The SMILES string of the molecule is CCOC(=O)c1c(N/C(C)=C(\C#N)C(N)=O)sc(-c2ccccc2)c1C. The van der Waals surface area contributed by atoms with Crippen LogP contribution in [0.25, 0.3) is 10.4 Å². The van der Waals surface area contributed by atoms with Gasteiger partial charge in [0.05, 0.1) is 12.2 Å². The van der Waals surface area contributed by atoms with Crippen LogP contribution < -0.4 is 11.1 Å². The van der Waals surface area contributed by atoms with E-state index < -0.39 is 11.9 Å². The van der Waals surface area contributed by atoms with E-state index in [-0.39, 0.29) is 17.9 Å². The summed E-state index contributed by atoms with van der Waals surface area (Å²) in [5.74, 6) is -1.29. The summed E-state index contributed by atoms with van der Waals surface area (Å²) in [7, 11) is 0. The zero-order valence-electron chi connectivity index (χ0n) is 14.8. The molecule has 7 heteroatoms. The lowest BCUT2D eigenvalue weighted by Gasteiger charge is -2.09. The number of hydrogen-bond acceptors (Lipinski definition) is 6. The lowest BCUT2D eigenvalue weighted by atomic mass is 10.1. The predicted octanol–water partition coefficient (Wildman–Crippen LogP) is 3.60. The minimum Gasteiger partial charge on any atom is -0.462 e. The molecule has 0 bridgehead atoms. The molecule has 2 aromatic rings. The van der Waals surface area contributed by atoms with E-state index in [1.165, 1.54) is 11.3 Å². The van der Waals surface area contributed by atoms with Gasteiger partial charge >= 0.3 is 5.97 Å². The molecule has 134 valence electrons. The van der Waals surface area contributed by atoms with E-state index >= 15 is 0 Å². The predicted molar refractivity (Wildman–Crippen MR) is 102 cm³/mol. The third-order valence-corrected chi connectivity index (χ3v) is 4.95. The smallest absolute Gasteiger partial charge is 0.341 e. The van der Waals surface area contributed by atoms with E-state index in [1.807, 2.05) is 37.3 Å². The Bertz CT molecular complexity index is 908. The monoisotopic (exact) mass is 369 g/mol. The van der Waals surface area contributed by atoms with Crippen LogP contribution in [0.3, 0.4) is 0 Å². The normalized spacial score (nSPS) is 11.3. The summed E-state index contributed by atoms with van der Waals surface area (Å²) in [6, 6.07) is 11.4. The van der Waals surface area contributed by atoms with E-state index in [1.54, 1.807) is 19.9 Å². The highest BCUT2D eigenvalue weighted by Gasteiger charge is 2.24. The maximum Gasteiger partial charge on any atom is 0.341 e. The number of primary amides is 1. The van der Waals surface area contributed by atoms with Crippen molar-refractivity contribution >= 4 is 28.2 Å². The molecule has 0 spiro atoms. The lowest BCUT2D eigenvalue weighted by molar-refractivity contribution is -0.114. The van der Waals surface area contributed by atoms with Crippen LogP contribution in [0.1, 0.15) is 29.8 Å². The van der Waals surface area contributed by atoms with Gasteiger partial charge in [-0.1, -0.05) is 30.3 Å². The molecule has 1 amide bonds. The first-order valence-corrected chi connectivity index (χ1v) is 8.76. The van der Waals surface area contributed by atoms with Crippen LogP contribution in [0.5, 0.6) is 0 Å². The largest absolute Gasteiger partial charge is 0.462 e. The number of esters is 1. The highest BCUT2D eigenvalue weighted by Crippen LogP contribution is 2.40. The molecule has 3 N–H and O–H groups in total. The van der Waals surface area contributed by atoms with Gasteiger partial charge in [0.25, 0.3) is 5.91 Å². The Balaban J connectivity index is 2.59. The quantitative estimate of drug-likeness (QED) is 0.460. The fraction of sp³-hybridized carbons (Fsp3) is 0.211. The number of thiophene rings is 1. The Morgan fingerprint density at radius 1 is 1.31 bits per heavy atom. The summed E-state index contributed by atoms with van der Waals surface area (Å²) in [6.07, 6.45) is 0. The van der Waals surface area contributed by atoms with Crippen LogP contribution in [-0.2, 0) is 9.53 Å². The standard InChI is InChI=1S/C19H19N3O3S/c1-4-25-19(24)15-11(2)16(13-8-6-5-7-9-13)26-18(15)22-12(3)14(10-20)17(21)23/h5-9,22H,4H2,1-3H3,(H2,21,23)/b14-12+. The summed E-state index contributed by atoms with van der Waals surface area (Å²) in [4.78, 5) is 24.8. The van der Waals surface area contributed by atoms with Crippen molar-refractivity contribution in [3.8, 4) is 16.5 Å². The molecule has 1 aromatic carbocycles. The zero-order valence-corrected chi connectivity index (χ0v) is 15.6. The van der Waals surface area contributed by atoms with E-state index in [2.05, 4.69) is 5.32 Å². The molecule has 0 radical (unpaired) electrons. The van der Waals surface area contributed by atoms with Gasteiger partial charge in [0.2, 0.25) is 0 Å². The van der Waals surface area contributed by atoms with Gasteiger partial charge < -0.3 is 15.8 Å². The van der Waals surface area contributed by atoms with Gasteiger partial charge in [0.1, 0.15) is 16.6 Å². The number of benzene rings is 1. The molecule has 26 heavy (non-hydrogen) atoms. The number of rotatable bonds is 6. The van der Waals surface area contributed by atoms with Crippen LogP contribution in [0.4, 0.5) is 5.00 Å². The number of amides is 1. The highest BCUT2D eigenvalue weighted by atomic mass is 32.1. The molecule has 0 fully saturated rings. The molecule has 0 aliphatic rings. The Kier molecular flexibility index (Phi) is 6.15. The maximum atomic E-state index is 12.5. The molecule has 0 atom stereocenters. The molecular weight excluding hydrogens is 350 g/mol. The van der Waals surface area contributed by atoms with Gasteiger partial charge in [0.15, 0.2) is 0 Å². The van der Waals surface area contributed by atoms with Crippen molar-refractivity contribution in [3.63, 3.8) is 0 Å². The van der Waals surface area contributed by atoms with Gasteiger partial charge in [-0.25, -0.2) is 4.79 Å². The molecule has 2 rings (SSSR count). The minimum atomic E-state index is -0.827. The lowest BCUT2D eigenvalue weighted by Crippen LogP contribution is -2.17. The van der Waals surface area contributed by atoms with Crippen molar-refractivity contribution in [1.82, 2.24) is 0 Å². The first-order valence-electron chi connectivity index (χ1n) is 7.94. The number of nitrogens with two attached hydrogens (primary N) is 1. The van der Waals surface area contributed by atoms with Gasteiger partial charge in [-0.3, -0.25) is 4.79 Å². The zero-order chi connectivity index (χ0) is 19.3. The van der Waals surface area contributed by atoms with Crippen molar-refractivity contribution in [2.24, 2.45) is 5.73 Å². The molecular formula is C19H19N3O3S. The molecule has 0 saturated heterocycles. The molecule has 1 aromatic heterocycles. The van der Waals surface area contributed by atoms with Gasteiger partial charge in [-0.05, 0) is 31.9 Å². The summed E-state index contributed by atoms with van der Waals surface area (Å²) in [5, 5.41) is 12.6. The van der Waals surface area contributed by atoms with E-state index in [0.717, 1.165) is 16.0 Å². The molecule has 0 saturated carbocycles. The number of anilines is 1. The number of nitriles is 1. The average Bonchev–Trinajstić information content (AvgIpc) is 2.92. The van der Waals surface area contributed by atoms with Crippen LogP contribution >= 0.6 is 11.3 Å². The second-order valence-electron chi connectivity index (χ2n) is 5.45. The summed E-state index contributed by atoms with van der Waals surface area (Å²) >= 11 is 1.35. The van der Waals surface area contributed by atoms with Crippen molar-refractivity contribution in [3.05, 3.63) is 52.7 Å². The topological polar surface area (TPSA) is 105 Å². The Morgan fingerprint density at radius 2 is 1.96 bits per heavy atom. The second-order valence-corrected chi connectivity index (χ2v) is 6.47. The van der Waals surface area contributed by atoms with Crippen molar-refractivity contribution < 1.29 is 14.3 Å². The summed E-state index contributed by atoms with van der Waals surface area (Å²) in [6.45, 7) is 5.38. The van der Waals surface area contributed by atoms with E-state index in [0.29, 0.717) is 10.6 Å². The number of hydrogen-bond donors (Lipinski definition) is 2. The number of ether oxygens (including phenoxy) is 1. The first-order chi connectivity index (χ1) is 12.4. The number of allylic oxidation sites excluding steroid dienone is 1. The first kappa shape index (κ1) is 19.2. The Labute approximate surface area is 155 Å². The van der Waals surface area contributed by atoms with Crippen LogP contribution in [0.2, 0.25) is 0 Å². The minimum absolute atomic E-state index is 0.188. The molecule has 0 aliphatic carbocycles. The van der Waals surface area contributed by atoms with Crippen molar-refractivity contribution in [2.75, 3.05) is 11.9 Å². The third kappa shape index (κ3) is 3.92. The fourth-order valence-corrected chi connectivity index (χ4v) is 3.73. The molecule has 0 aliphatic heterocycles. The summed E-state index contributed by atoms with van der Waals surface area (Å²) < 4.78 is 5.17. The fourth-order valence-electron chi connectivity index (χ4n) is 2.47. The molecule has 6 nitrogen and oxygen atoms in total. The summed E-state index contributed by atoms with van der Waals surface area (Å²) in [5.41, 5.74) is 7.44. The van der Waals surface area contributed by atoms with E-state index in [9.17, 15) is 9.59 Å². The Hall–Kier alpha value is -3.11. The third-order valence-electron chi connectivity index (χ3n) is 3.70. The maximum absolute atomic E-state index is 12.5.